The summed E-state index contributed by atoms with van der Waals surface area (Å²) in [6, 6.07) is 2.88. The zero-order valence-corrected chi connectivity index (χ0v) is 10.2. The van der Waals surface area contributed by atoms with Crippen molar-refractivity contribution in [3.8, 4) is 0 Å². The van der Waals surface area contributed by atoms with E-state index in [1.807, 2.05) is 0 Å². The Hall–Kier alpha value is -1.36. The Morgan fingerprint density at radius 2 is 2.29 bits per heavy atom. The quantitative estimate of drug-likeness (QED) is 0.775. The number of fused-ring (bicyclic) bond motifs is 1. The molecule has 1 aromatic rings. The Morgan fingerprint density at radius 3 is 3.12 bits per heavy atom. The minimum Gasteiger partial charge on any atom is -0.384 e. The van der Waals surface area contributed by atoms with E-state index in [0.29, 0.717) is 17.9 Å². The highest BCUT2D eigenvalue weighted by atomic mass is 15.4. The Labute approximate surface area is 102 Å². The topological polar surface area (TPSA) is 58.3 Å². The van der Waals surface area contributed by atoms with E-state index in [4.69, 9.17) is 5.73 Å². The standard InChI is InChI=1S/C12H19N5/c1-9-7-16-6-2-3-10(16)8-17(9)12-14-5-4-11(13)15-12/h4-5,9-10H,2-3,6-8H2,1H3,(H2,13,14,15). The first-order valence-corrected chi connectivity index (χ1v) is 6.33. The largest absolute Gasteiger partial charge is 0.384 e. The number of nitrogens with two attached hydrogens (primary N) is 1. The van der Waals surface area contributed by atoms with Gasteiger partial charge in [-0.25, -0.2) is 4.98 Å². The Bertz CT molecular complexity index is 408. The summed E-state index contributed by atoms with van der Waals surface area (Å²) in [6.45, 7) is 5.63. The lowest BCUT2D eigenvalue weighted by Crippen LogP contribution is -2.55. The van der Waals surface area contributed by atoms with E-state index >= 15 is 0 Å². The molecule has 2 unspecified atom stereocenters. The van der Waals surface area contributed by atoms with Crippen molar-refractivity contribution in [1.29, 1.82) is 0 Å². The van der Waals surface area contributed by atoms with E-state index < -0.39 is 0 Å². The zero-order valence-electron chi connectivity index (χ0n) is 10.2. The number of anilines is 2. The molecule has 5 nitrogen and oxygen atoms in total. The van der Waals surface area contributed by atoms with Gasteiger partial charge in [-0.3, -0.25) is 4.90 Å². The van der Waals surface area contributed by atoms with E-state index in [-0.39, 0.29) is 0 Å². The van der Waals surface area contributed by atoms with Gasteiger partial charge in [0.25, 0.3) is 0 Å². The van der Waals surface area contributed by atoms with Crippen LogP contribution in [-0.4, -0.2) is 46.6 Å². The summed E-state index contributed by atoms with van der Waals surface area (Å²) in [5.41, 5.74) is 5.73. The van der Waals surface area contributed by atoms with E-state index in [9.17, 15) is 0 Å². The molecule has 1 aromatic heterocycles. The molecule has 3 heterocycles. The number of nitrogens with zero attached hydrogens (tertiary/aromatic N) is 4. The van der Waals surface area contributed by atoms with Crippen LogP contribution in [0.5, 0.6) is 0 Å². The van der Waals surface area contributed by atoms with Crippen LogP contribution in [0.2, 0.25) is 0 Å². The van der Waals surface area contributed by atoms with Gasteiger partial charge in [-0.05, 0) is 32.4 Å². The second kappa shape index (κ2) is 4.14. The van der Waals surface area contributed by atoms with E-state index in [1.165, 1.54) is 19.4 Å². The molecule has 0 saturated carbocycles. The van der Waals surface area contributed by atoms with Gasteiger partial charge >= 0.3 is 0 Å². The average Bonchev–Trinajstić information content (AvgIpc) is 2.75. The van der Waals surface area contributed by atoms with Crippen molar-refractivity contribution in [3.63, 3.8) is 0 Å². The number of hydrogen-bond donors (Lipinski definition) is 1. The van der Waals surface area contributed by atoms with Gasteiger partial charge in [0.2, 0.25) is 5.95 Å². The first kappa shape index (κ1) is 10.8. The molecule has 3 rings (SSSR count). The number of rotatable bonds is 1. The SMILES string of the molecule is CC1CN2CCCC2CN1c1nccc(N)n1. The van der Waals surface area contributed by atoms with Crippen molar-refractivity contribution in [2.75, 3.05) is 30.3 Å². The fourth-order valence-electron chi connectivity index (χ4n) is 2.97. The van der Waals surface area contributed by atoms with Gasteiger partial charge in [-0.15, -0.1) is 0 Å². The molecule has 0 amide bonds. The molecule has 2 fully saturated rings. The van der Waals surface area contributed by atoms with Crippen molar-refractivity contribution in [2.24, 2.45) is 0 Å². The Balaban J connectivity index is 1.83. The Morgan fingerprint density at radius 1 is 1.41 bits per heavy atom. The molecule has 2 aliphatic heterocycles. The Kier molecular flexibility index (Phi) is 2.63. The molecule has 17 heavy (non-hydrogen) atoms. The summed E-state index contributed by atoms with van der Waals surface area (Å²) in [5, 5.41) is 0. The van der Waals surface area contributed by atoms with Gasteiger partial charge in [0.15, 0.2) is 0 Å². The fraction of sp³-hybridized carbons (Fsp3) is 0.667. The molecule has 0 bridgehead atoms. The molecule has 0 aliphatic carbocycles. The lowest BCUT2D eigenvalue weighted by molar-refractivity contribution is 0.201. The van der Waals surface area contributed by atoms with Gasteiger partial charge in [0.1, 0.15) is 5.82 Å². The minimum atomic E-state index is 0.464. The fourth-order valence-corrected chi connectivity index (χ4v) is 2.97. The molecule has 2 atom stereocenters. The van der Waals surface area contributed by atoms with Crippen molar-refractivity contribution in [1.82, 2.24) is 14.9 Å². The molecule has 0 radical (unpaired) electrons. The predicted octanol–water partition coefficient (Wildman–Crippen LogP) is 0.732. The van der Waals surface area contributed by atoms with Crippen LogP contribution in [0.3, 0.4) is 0 Å². The zero-order chi connectivity index (χ0) is 11.8. The molecule has 2 saturated heterocycles. The summed E-state index contributed by atoms with van der Waals surface area (Å²) in [5.74, 6) is 1.33. The van der Waals surface area contributed by atoms with Crippen molar-refractivity contribution in [2.45, 2.75) is 31.8 Å². The summed E-state index contributed by atoms with van der Waals surface area (Å²) in [7, 11) is 0. The van der Waals surface area contributed by atoms with Gasteiger partial charge in [0.05, 0.1) is 0 Å². The summed E-state index contributed by atoms with van der Waals surface area (Å²) >= 11 is 0. The maximum Gasteiger partial charge on any atom is 0.227 e. The minimum absolute atomic E-state index is 0.464. The average molecular weight is 233 g/mol. The number of piperazine rings is 1. The monoisotopic (exact) mass is 233 g/mol. The van der Waals surface area contributed by atoms with Crippen LogP contribution < -0.4 is 10.6 Å². The highest BCUT2D eigenvalue weighted by molar-refractivity contribution is 5.39. The van der Waals surface area contributed by atoms with Crippen LogP contribution in [0.25, 0.3) is 0 Å². The molecule has 92 valence electrons. The van der Waals surface area contributed by atoms with E-state index in [2.05, 4.69) is 26.7 Å². The second-order valence-corrected chi connectivity index (χ2v) is 5.07. The second-order valence-electron chi connectivity index (χ2n) is 5.07. The third-order valence-corrected chi connectivity index (χ3v) is 3.86. The molecule has 0 aromatic carbocycles. The lowest BCUT2D eigenvalue weighted by atomic mass is 10.1. The predicted molar refractivity (Wildman–Crippen MR) is 67.8 cm³/mol. The van der Waals surface area contributed by atoms with Crippen LogP contribution >= 0.6 is 0 Å². The number of hydrogen-bond acceptors (Lipinski definition) is 5. The number of aromatic nitrogens is 2. The van der Waals surface area contributed by atoms with Crippen LogP contribution in [0.4, 0.5) is 11.8 Å². The van der Waals surface area contributed by atoms with E-state index in [0.717, 1.165) is 19.0 Å². The van der Waals surface area contributed by atoms with Gasteiger partial charge in [-0.2, -0.15) is 4.98 Å². The summed E-state index contributed by atoms with van der Waals surface area (Å²) < 4.78 is 0. The summed E-state index contributed by atoms with van der Waals surface area (Å²) in [6.07, 6.45) is 4.36. The molecule has 2 N–H and O–H groups in total. The van der Waals surface area contributed by atoms with Gasteiger partial charge < -0.3 is 10.6 Å². The summed E-state index contributed by atoms with van der Waals surface area (Å²) in [4.78, 5) is 13.6. The first-order chi connectivity index (χ1) is 8.24. The maximum absolute atomic E-state index is 5.73. The first-order valence-electron chi connectivity index (χ1n) is 6.33. The molecule has 2 aliphatic rings. The van der Waals surface area contributed by atoms with Crippen molar-refractivity contribution < 1.29 is 0 Å². The molecular formula is C12H19N5. The van der Waals surface area contributed by atoms with Crippen LogP contribution in [0, 0.1) is 0 Å². The van der Waals surface area contributed by atoms with Crippen molar-refractivity contribution >= 4 is 11.8 Å². The third-order valence-electron chi connectivity index (χ3n) is 3.86. The highest BCUT2D eigenvalue weighted by Gasteiger charge is 2.35. The van der Waals surface area contributed by atoms with Gasteiger partial charge in [-0.1, -0.05) is 0 Å². The van der Waals surface area contributed by atoms with Crippen molar-refractivity contribution in [3.05, 3.63) is 12.3 Å². The van der Waals surface area contributed by atoms with Crippen LogP contribution in [0.15, 0.2) is 12.3 Å². The molecule has 5 heteroatoms. The number of nitrogen functional groups attached to an aromatic ring is 1. The van der Waals surface area contributed by atoms with E-state index in [1.54, 1.807) is 12.3 Å². The lowest BCUT2D eigenvalue weighted by Gasteiger charge is -2.42. The van der Waals surface area contributed by atoms with Crippen LogP contribution in [0.1, 0.15) is 19.8 Å². The molecular weight excluding hydrogens is 214 g/mol. The highest BCUT2D eigenvalue weighted by Crippen LogP contribution is 2.26. The smallest absolute Gasteiger partial charge is 0.227 e. The normalized spacial score (nSPS) is 29.4. The van der Waals surface area contributed by atoms with Crippen LogP contribution in [-0.2, 0) is 0 Å². The third kappa shape index (κ3) is 1.95. The maximum atomic E-state index is 5.73. The molecule has 0 spiro atoms. The van der Waals surface area contributed by atoms with Gasteiger partial charge in [0, 0.05) is 31.4 Å².